The quantitative estimate of drug-likeness (QED) is 0.338. The minimum absolute atomic E-state index is 0.0150. The minimum atomic E-state index is -4.44. The van der Waals surface area contributed by atoms with E-state index in [1.54, 1.807) is 35.2 Å². The molecular weight excluding hydrogens is 607 g/mol. The SMILES string of the molecule is O=C(CN(Cc1ccc(Br)cc1)S(=O)(=O)c1ccc(Cl)cc1)N1CCN(c2cccc(C(F)(F)F)c2)CC1. The molecule has 4 rings (SSSR count). The van der Waals surface area contributed by atoms with E-state index < -0.39 is 21.8 Å². The predicted octanol–water partition coefficient (Wildman–Crippen LogP) is 5.66. The van der Waals surface area contributed by atoms with Gasteiger partial charge in [0.2, 0.25) is 15.9 Å². The van der Waals surface area contributed by atoms with Crippen LogP contribution in [0.2, 0.25) is 5.02 Å². The van der Waals surface area contributed by atoms with Crippen molar-refractivity contribution in [1.82, 2.24) is 9.21 Å². The van der Waals surface area contributed by atoms with Crippen molar-refractivity contribution in [2.45, 2.75) is 17.6 Å². The molecule has 1 aliphatic rings. The number of nitrogens with zero attached hydrogens (tertiary/aromatic N) is 3. The molecule has 1 fully saturated rings. The molecule has 0 bridgehead atoms. The molecule has 3 aromatic rings. The van der Waals surface area contributed by atoms with Crippen molar-refractivity contribution in [2.75, 3.05) is 37.6 Å². The lowest BCUT2D eigenvalue weighted by molar-refractivity contribution is -0.137. The molecule has 0 saturated carbocycles. The number of amides is 1. The first-order valence-corrected chi connectivity index (χ1v) is 14.2. The molecule has 202 valence electrons. The van der Waals surface area contributed by atoms with Gasteiger partial charge in [0.15, 0.2) is 0 Å². The van der Waals surface area contributed by atoms with E-state index in [0.29, 0.717) is 29.4 Å². The van der Waals surface area contributed by atoms with Crippen LogP contribution >= 0.6 is 27.5 Å². The van der Waals surface area contributed by atoms with Crippen molar-refractivity contribution in [3.8, 4) is 0 Å². The van der Waals surface area contributed by atoms with Gasteiger partial charge in [-0.15, -0.1) is 0 Å². The predicted molar refractivity (Wildman–Crippen MR) is 143 cm³/mol. The smallest absolute Gasteiger partial charge is 0.368 e. The molecule has 0 unspecified atom stereocenters. The van der Waals surface area contributed by atoms with Gasteiger partial charge in [-0.2, -0.15) is 17.5 Å². The molecular formula is C26H24BrClF3N3O3S. The van der Waals surface area contributed by atoms with Crippen LogP contribution in [0.4, 0.5) is 18.9 Å². The Balaban J connectivity index is 1.48. The molecule has 12 heteroatoms. The first-order chi connectivity index (χ1) is 17.9. The van der Waals surface area contributed by atoms with Gasteiger partial charge in [0.25, 0.3) is 0 Å². The molecule has 6 nitrogen and oxygen atoms in total. The number of alkyl halides is 3. The van der Waals surface area contributed by atoms with Gasteiger partial charge in [0.1, 0.15) is 0 Å². The van der Waals surface area contributed by atoms with E-state index in [9.17, 15) is 26.4 Å². The molecule has 0 spiro atoms. The molecule has 1 aliphatic heterocycles. The van der Waals surface area contributed by atoms with Crippen molar-refractivity contribution in [2.24, 2.45) is 0 Å². The van der Waals surface area contributed by atoms with Gasteiger partial charge in [-0.3, -0.25) is 4.79 Å². The summed E-state index contributed by atoms with van der Waals surface area (Å²) >= 11 is 9.28. The fourth-order valence-corrected chi connectivity index (χ4v) is 5.89. The van der Waals surface area contributed by atoms with E-state index in [4.69, 9.17) is 11.6 Å². The normalized spacial score (nSPS) is 14.7. The summed E-state index contributed by atoms with van der Waals surface area (Å²) < 4.78 is 68.2. The lowest BCUT2D eigenvalue weighted by Gasteiger charge is -2.37. The van der Waals surface area contributed by atoms with Crippen LogP contribution in [-0.4, -0.2) is 56.3 Å². The number of carbonyl (C=O) groups is 1. The fraction of sp³-hybridized carbons (Fsp3) is 0.269. The summed E-state index contributed by atoms with van der Waals surface area (Å²) in [4.78, 5) is 16.6. The maximum Gasteiger partial charge on any atom is 0.416 e. The molecule has 1 amide bonds. The van der Waals surface area contributed by atoms with E-state index in [0.717, 1.165) is 20.9 Å². The van der Waals surface area contributed by atoms with Crippen molar-refractivity contribution in [3.63, 3.8) is 0 Å². The van der Waals surface area contributed by atoms with Gasteiger partial charge in [-0.1, -0.05) is 45.7 Å². The third-order valence-corrected chi connectivity index (χ3v) is 8.79. The van der Waals surface area contributed by atoms with Crippen LogP contribution in [0.1, 0.15) is 11.1 Å². The van der Waals surface area contributed by atoms with Gasteiger partial charge in [0, 0.05) is 47.9 Å². The molecule has 0 radical (unpaired) electrons. The molecule has 0 atom stereocenters. The summed E-state index contributed by atoms with van der Waals surface area (Å²) in [7, 11) is -4.03. The Bertz CT molecular complexity index is 1380. The summed E-state index contributed by atoms with van der Waals surface area (Å²) in [5, 5.41) is 0.387. The topological polar surface area (TPSA) is 60.9 Å². The van der Waals surface area contributed by atoms with E-state index in [1.807, 2.05) is 0 Å². The number of piperazine rings is 1. The third-order valence-electron chi connectivity index (χ3n) is 6.21. The van der Waals surface area contributed by atoms with Crippen LogP contribution in [0.25, 0.3) is 0 Å². The van der Waals surface area contributed by atoms with Crippen LogP contribution < -0.4 is 4.90 Å². The number of halogens is 5. The number of anilines is 1. The van der Waals surface area contributed by atoms with Crippen molar-refractivity contribution in [1.29, 1.82) is 0 Å². The first kappa shape index (κ1) is 28.4. The highest BCUT2D eigenvalue weighted by Gasteiger charge is 2.32. The second-order valence-electron chi connectivity index (χ2n) is 8.77. The summed E-state index contributed by atoms with van der Waals surface area (Å²) in [6.07, 6.45) is -4.44. The molecule has 0 aliphatic carbocycles. The number of carbonyl (C=O) groups excluding carboxylic acids is 1. The van der Waals surface area contributed by atoms with E-state index >= 15 is 0 Å². The number of rotatable bonds is 7. The maximum absolute atomic E-state index is 13.5. The molecule has 0 N–H and O–H groups in total. The van der Waals surface area contributed by atoms with Gasteiger partial charge in [0.05, 0.1) is 17.0 Å². The second kappa shape index (κ2) is 11.6. The Kier molecular flexibility index (Phi) is 8.71. The monoisotopic (exact) mass is 629 g/mol. The summed E-state index contributed by atoms with van der Waals surface area (Å²) in [6, 6.07) is 17.9. The molecule has 1 saturated heterocycles. The summed E-state index contributed by atoms with van der Waals surface area (Å²) in [5.41, 5.74) is 0.395. The maximum atomic E-state index is 13.5. The highest BCUT2D eigenvalue weighted by atomic mass is 79.9. The average Bonchev–Trinajstić information content (AvgIpc) is 2.89. The Labute approximate surface area is 232 Å². The second-order valence-corrected chi connectivity index (χ2v) is 12.1. The Morgan fingerprint density at radius 3 is 2.18 bits per heavy atom. The minimum Gasteiger partial charge on any atom is -0.368 e. The van der Waals surface area contributed by atoms with Crippen molar-refractivity contribution in [3.05, 3.63) is 93.4 Å². The number of hydrogen-bond acceptors (Lipinski definition) is 4. The van der Waals surface area contributed by atoms with E-state index in [2.05, 4.69) is 15.9 Å². The van der Waals surface area contributed by atoms with Crippen molar-refractivity contribution >= 4 is 49.1 Å². The third kappa shape index (κ3) is 6.88. The van der Waals surface area contributed by atoms with E-state index in [1.165, 1.54) is 35.2 Å². The fourth-order valence-electron chi connectivity index (χ4n) is 4.12. The summed E-state index contributed by atoms with van der Waals surface area (Å²) in [6.45, 7) is 0.747. The van der Waals surface area contributed by atoms with Crippen LogP contribution in [0.3, 0.4) is 0 Å². The van der Waals surface area contributed by atoms with Gasteiger partial charge < -0.3 is 9.80 Å². The van der Waals surface area contributed by atoms with Gasteiger partial charge >= 0.3 is 6.18 Å². The first-order valence-electron chi connectivity index (χ1n) is 11.6. The Morgan fingerprint density at radius 2 is 1.58 bits per heavy atom. The lowest BCUT2D eigenvalue weighted by Crippen LogP contribution is -2.51. The molecule has 1 heterocycles. The van der Waals surface area contributed by atoms with Crippen LogP contribution in [-0.2, 0) is 27.5 Å². The highest BCUT2D eigenvalue weighted by Crippen LogP contribution is 2.32. The van der Waals surface area contributed by atoms with E-state index in [-0.39, 0.29) is 37.0 Å². The number of sulfonamides is 1. The standard InChI is InChI=1S/C26H24BrClF3N3O3S/c27-21-6-4-19(5-7-21)17-34(38(36,37)24-10-8-22(28)9-11-24)18-25(35)33-14-12-32(13-15-33)23-3-1-2-20(16-23)26(29,30)31/h1-11,16H,12-15,17-18H2. The zero-order valence-electron chi connectivity index (χ0n) is 20.0. The molecule has 38 heavy (non-hydrogen) atoms. The number of benzene rings is 3. The highest BCUT2D eigenvalue weighted by molar-refractivity contribution is 9.10. The Morgan fingerprint density at radius 1 is 0.947 bits per heavy atom. The largest absolute Gasteiger partial charge is 0.416 e. The Hall–Kier alpha value is -2.60. The van der Waals surface area contributed by atoms with Gasteiger partial charge in [-0.25, -0.2) is 8.42 Å². The van der Waals surface area contributed by atoms with Crippen LogP contribution in [0.5, 0.6) is 0 Å². The molecule has 3 aromatic carbocycles. The van der Waals surface area contributed by atoms with Gasteiger partial charge in [-0.05, 0) is 60.2 Å². The molecule has 0 aromatic heterocycles. The average molecular weight is 631 g/mol. The number of hydrogen-bond donors (Lipinski definition) is 0. The van der Waals surface area contributed by atoms with Crippen LogP contribution in [0, 0.1) is 0 Å². The van der Waals surface area contributed by atoms with Crippen molar-refractivity contribution < 1.29 is 26.4 Å². The zero-order chi connectivity index (χ0) is 27.5. The lowest BCUT2D eigenvalue weighted by atomic mass is 10.1. The zero-order valence-corrected chi connectivity index (χ0v) is 23.2. The summed E-state index contributed by atoms with van der Waals surface area (Å²) in [5.74, 6) is -0.386. The van der Waals surface area contributed by atoms with Crippen LogP contribution in [0.15, 0.2) is 82.2 Å².